The van der Waals surface area contributed by atoms with Gasteiger partial charge in [-0.2, -0.15) is 4.98 Å². The number of hydrogen-bond acceptors (Lipinski definition) is 6. The van der Waals surface area contributed by atoms with Crippen LogP contribution in [0.3, 0.4) is 0 Å². The van der Waals surface area contributed by atoms with Crippen molar-refractivity contribution < 1.29 is 14.3 Å². The van der Waals surface area contributed by atoms with Crippen LogP contribution in [0.5, 0.6) is 11.5 Å². The molecule has 2 heterocycles. The summed E-state index contributed by atoms with van der Waals surface area (Å²) < 4.78 is 12.9. The van der Waals surface area contributed by atoms with Crippen molar-refractivity contribution in [1.29, 1.82) is 0 Å². The summed E-state index contributed by atoms with van der Waals surface area (Å²) in [6.45, 7) is 8.42. The number of anilines is 2. The van der Waals surface area contributed by atoms with Crippen LogP contribution in [0, 0.1) is 0 Å². The average molecular weight is 524 g/mol. The second-order valence-electron chi connectivity index (χ2n) is 10.5. The number of para-hydroxylation sites is 3. The molecule has 0 saturated heterocycles. The van der Waals surface area contributed by atoms with Crippen LogP contribution in [-0.4, -0.2) is 34.9 Å². The van der Waals surface area contributed by atoms with Gasteiger partial charge in [0.15, 0.2) is 5.82 Å². The summed E-state index contributed by atoms with van der Waals surface area (Å²) in [6, 6.07) is 22.7. The van der Waals surface area contributed by atoms with Gasteiger partial charge in [0.05, 0.1) is 25.5 Å². The van der Waals surface area contributed by atoms with Crippen LogP contribution < -0.4 is 20.1 Å². The summed E-state index contributed by atoms with van der Waals surface area (Å²) in [5, 5.41) is 11.2. The Labute approximate surface area is 228 Å². The molecule has 8 nitrogen and oxygen atoms in total. The summed E-state index contributed by atoms with van der Waals surface area (Å²) >= 11 is 0. The van der Waals surface area contributed by atoms with Gasteiger partial charge in [-0.15, -0.1) is 5.10 Å². The summed E-state index contributed by atoms with van der Waals surface area (Å²) in [4.78, 5) is 18.7. The molecule has 0 spiro atoms. The van der Waals surface area contributed by atoms with E-state index in [0.29, 0.717) is 40.2 Å². The van der Waals surface area contributed by atoms with Gasteiger partial charge < -0.3 is 20.1 Å². The van der Waals surface area contributed by atoms with Crippen LogP contribution >= 0.6 is 0 Å². The monoisotopic (exact) mass is 523 g/mol. The Morgan fingerprint density at radius 1 is 0.923 bits per heavy atom. The summed E-state index contributed by atoms with van der Waals surface area (Å²) in [5.74, 6) is 2.06. The Morgan fingerprint density at radius 2 is 1.56 bits per heavy atom. The molecule has 1 aliphatic rings. The molecule has 4 aromatic rings. The maximum Gasteiger partial charge on any atom is 0.255 e. The van der Waals surface area contributed by atoms with E-state index < -0.39 is 6.04 Å². The number of allylic oxidation sites excluding steroid dienone is 1. The normalized spacial score (nSPS) is 14.9. The molecule has 0 fully saturated rings. The molecule has 0 aliphatic carbocycles. The molecule has 8 heteroatoms. The van der Waals surface area contributed by atoms with Crippen molar-refractivity contribution in [3.05, 3.63) is 95.2 Å². The number of aromatic nitrogens is 3. The molecule has 3 aromatic carbocycles. The molecule has 1 aliphatic heterocycles. The van der Waals surface area contributed by atoms with Crippen molar-refractivity contribution in [3.8, 4) is 22.9 Å². The molecule has 1 amide bonds. The van der Waals surface area contributed by atoms with Gasteiger partial charge in [-0.25, -0.2) is 4.68 Å². The van der Waals surface area contributed by atoms with Crippen molar-refractivity contribution in [3.63, 3.8) is 0 Å². The average Bonchev–Trinajstić information content (AvgIpc) is 3.35. The van der Waals surface area contributed by atoms with Crippen molar-refractivity contribution in [2.75, 3.05) is 24.9 Å². The Morgan fingerprint density at radius 3 is 2.23 bits per heavy atom. The first-order valence-electron chi connectivity index (χ1n) is 12.8. The number of carbonyl (C=O) groups excluding carboxylic acids is 1. The van der Waals surface area contributed by atoms with Gasteiger partial charge in [0.2, 0.25) is 5.95 Å². The number of hydrogen-bond donors (Lipinski definition) is 2. The molecule has 0 saturated carbocycles. The van der Waals surface area contributed by atoms with Crippen LogP contribution in [0.25, 0.3) is 11.4 Å². The Kier molecular flexibility index (Phi) is 6.87. The first-order valence-corrected chi connectivity index (χ1v) is 12.8. The van der Waals surface area contributed by atoms with Crippen LogP contribution in [0.15, 0.2) is 84.1 Å². The topological polar surface area (TPSA) is 90.3 Å². The molecule has 39 heavy (non-hydrogen) atoms. The minimum atomic E-state index is -0.581. The zero-order valence-electron chi connectivity index (χ0n) is 23.1. The molecular weight excluding hydrogens is 490 g/mol. The maximum absolute atomic E-state index is 13.9. The molecule has 1 atom stereocenters. The van der Waals surface area contributed by atoms with Crippen molar-refractivity contribution in [2.45, 2.75) is 39.2 Å². The Balaban J connectivity index is 1.60. The maximum atomic E-state index is 13.9. The number of rotatable bonds is 6. The Hall–Kier alpha value is -4.59. The number of nitrogens with zero attached hydrogens (tertiary/aromatic N) is 3. The van der Waals surface area contributed by atoms with Crippen LogP contribution in [0.2, 0.25) is 0 Å². The van der Waals surface area contributed by atoms with Crippen molar-refractivity contribution in [2.24, 2.45) is 0 Å². The highest BCUT2D eigenvalue weighted by molar-refractivity contribution is 6.06. The van der Waals surface area contributed by atoms with Gasteiger partial charge in [0.25, 0.3) is 5.91 Å². The van der Waals surface area contributed by atoms with E-state index in [1.807, 2.05) is 55.5 Å². The zero-order valence-corrected chi connectivity index (χ0v) is 23.1. The molecular formula is C31H33N5O3. The lowest BCUT2D eigenvalue weighted by Gasteiger charge is -2.29. The minimum absolute atomic E-state index is 0.0423. The van der Waals surface area contributed by atoms with E-state index in [2.05, 4.69) is 43.5 Å². The number of carbonyl (C=O) groups is 1. The van der Waals surface area contributed by atoms with E-state index in [-0.39, 0.29) is 11.3 Å². The summed E-state index contributed by atoms with van der Waals surface area (Å²) in [7, 11) is 3.20. The fraction of sp³-hybridized carbons (Fsp3) is 0.258. The largest absolute Gasteiger partial charge is 0.496 e. The smallest absolute Gasteiger partial charge is 0.255 e. The number of amides is 1. The van der Waals surface area contributed by atoms with Crippen LogP contribution in [-0.2, 0) is 10.2 Å². The van der Waals surface area contributed by atoms with E-state index in [1.54, 1.807) is 31.0 Å². The summed E-state index contributed by atoms with van der Waals surface area (Å²) in [5.41, 5.74) is 4.71. The van der Waals surface area contributed by atoms with Gasteiger partial charge in [-0.05, 0) is 36.1 Å². The highest BCUT2D eigenvalue weighted by atomic mass is 16.5. The van der Waals surface area contributed by atoms with Crippen LogP contribution in [0.4, 0.5) is 11.6 Å². The number of methoxy groups -OCH3 is 2. The SMILES string of the molecule is COc1ccccc1NC(=O)C1=C(C)Nc2nc(-c3ccc(C(C)(C)C)cc3)nn2C1c1ccccc1OC. The van der Waals surface area contributed by atoms with Gasteiger partial charge in [0, 0.05) is 16.8 Å². The standard InChI is InChI=1S/C31H33N5O3/c1-19-26(29(37)33-23-12-8-10-14-25(23)39-6)27(22-11-7-9-13-24(22)38-5)36-30(32-19)34-28(35-36)20-15-17-21(18-16-20)31(2,3)4/h7-18,27H,1-6H3,(H,33,37)(H,32,34,35). The third-order valence-electron chi connectivity index (χ3n) is 6.90. The summed E-state index contributed by atoms with van der Waals surface area (Å²) in [6.07, 6.45) is 0. The highest BCUT2D eigenvalue weighted by Crippen LogP contribution is 2.40. The fourth-order valence-electron chi connectivity index (χ4n) is 4.80. The van der Waals surface area contributed by atoms with Gasteiger partial charge in [0.1, 0.15) is 17.5 Å². The third kappa shape index (κ3) is 4.97. The van der Waals surface area contributed by atoms with Gasteiger partial charge in [-0.3, -0.25) is 4.79 Å². The lowest BCUT2D eigenvalue weighted by atomic mass is 9.87. The van der Waals surface area contributed by atoms with E-state index in [1.165, 1.54) is 5.56 Å². The van der Waals surface area contributed by atoms with Crippen molar-refractivity contribution >= 4 is 17.5 Å². The Bertz CT molecular complexity index is 1550. The first kappa shape index (κ1) is 26.0. The number of ether oxygens (including phenoxy) is 2. The molecule has 200 valence electrons. The second kappa shape index (κ2) is 10.3. The van der Waals surface area contributed by atoms with E-state index in [0.717, 1.165) is 11.1 Å². The molecule has 2 N–H and O–H groups in total. The molecule has 0 bridgehead atoms. The molecule has 1 aromatic heterocycles. The lowest BCUT2D eigenvalue weighted by molar-refractivity contribution is -0.113. The number of fused-ring (bicyclic) bond motifs is 1. The highest BCUT2D eigenvalue weighted by Gasteiger charge is 2.36. The van der Waals surface area contributed by atoms with Crippen LogP contribution in [0.1, 0.15) is 44.9 Å². The number of benzene rings is 3. The van der Waals surface area contributed by atoms with E-state index in [9.17, 15) is 4.79 Å². The first-order chi connectivity index (χ1) is 18.7. The zero-order chi connectivity index (χ0) is 27.7. The second-order valence-corrected chi connectivity index (χ2v) is 10.5. The third-order valence-corrected chi connectivity index (χ3v) is 6.90. The predicted octanol–water partition coefficient (Wildman–Crippen LogP) is 6.19. The lowest BCUT2D eigenvalue weighted by Crippen LogP contribution is -2.31. The molecule has 0 radical (unpaired) electrons. The fourth-order valence-corrected chi connectivity index (χ4v) is 4.80. The number of nitrogens with one attached hydrogen (secondary N) is 2. The van der Waals surface area contributed by atoms with Gasteiger partial charge >= 0.3 is 0 Å². The van der Waals surface area contributed by atoms with E-state index in [4.69, 9.17) is 19.6 Å². The van der Waals surface area contributed by atoms with Crippen molar-refractivity contribution in [1.82, 2.24) is 14.8 Å². The molecule has 1 unspecified atom stereocenters. The van der Waals surface area contributed by atoms with Gasteiger partial charge in [-0.1, -0.05) is 75.4 Å². The predicted molar refractivity (Wildman–Crippen MR) is 153 cm³/mol. The quantitative estimate of drug-likeness (QED) is 0.313. The van der Waals surface area contributed by atoms with E-state index >= 15 is 0 Å². The molecule has 5 rings (SSSR count). The minimum Gasteiger partial charge on any atom is -0.496 e.